The summed E-state index contributed by atoms with van der Waals surface area (Å²) in [5.74, 6) is 0.0457. The van der Waals surface area contributed by atoms with Crippen molar-refractivity contribution in [3.63, 3.8) is 0 Å². The van der Waals surface area contributed by atoms with E-state index in [0.717, 1.165) is 0 Å². The molecule has 0 bridgehead atoms. The lowest BCUT2D eigenvalue weighted by Crippen LogP contribution is -1.98. The van der Waals surface area contributed by atoms with Crippen LogP contribution in [0.4, 0.5) is 0 Å². The summed E-state index contributed by atoms with van der Waals surface area (Å²) in [6.07, 6.45) is 1.68. The van der Waals surface area contributed by atoms with Crippen molar-refractivity contribution in [3.8, 4) is 0 Å². The Morgan fingerprint density at radius 1 is 1.38 bits per heavy atom. The van der Waals surface area contributed by atoms with Crippen LogP contribution in [0.3, 0.4) is 0 Å². The van der Waals surface area contributed by atoms with E-state index in [9.17, 15) is 4.79 Å². The summed E-state index contributed by atoms with van der Waals surface area (Å²) in [6.45, 7) is 0. The van der Waals surface area contributed by atoms with Gasteiger partial charge in [0.1, 0.15) is 0 Å². The second-order valence-electron chi connectivity index (χ2n) is 2.52. The maximum atomic E-state index is 11.5. The SMILES string of the molecule is O=C(c1ccc[nH]1)c1ccc(Cl)o1. The highest BCUT2D eigenvalue weighted by molar-refractivity contribution is 6.29. The minimum atomic E-state index is -0.197. The fourth-order valence-corrected chi connectivity index (χ4v) is 1.19. The zero-order valence-corrected chi connectivity index (χ0v) is 7.34. The number of aromatic nitrogens is 1. The highest BCUT2D eigenvalue weighted by Crippen LogP contribution is 2.15. The molecule has 0 spiro atoms. The fourth-order valence-electron chi connectivity index (χ4n) is 1.04. The Morgan fingerprint density at radius 3 is 2.77 bits per heavy atom. The third-order valence-corrected chi connectivity index (χ3v) is 1.84. The third kappa shape index (κ3) is 1.51. The molecular formula is C9H6ClNO2. The second kappa shape index (κ2) is 3.11. The first-order valence-corrected chi connectivity index (χ1v) is 4.08. The highest BCUT2D eigenvalue weighted by Gasteiger charge is 2.13. The van der Waals surface area contributed by atoms with Gasteiger partial charge in [-0.1, -0.05) is 0 Å². The minimum Gasteiger partial charge on any atom is -0.441 e. The number of hydrogen-bond donors (Lipinski definition) is 1. The number of ketones is 1. The maximum Gasteiger partial charge on any atom is 0.244 e. The van der Waals surface area contributed by atoms with Gasteiger partial charge in [-0.15, -0.1) is 0 Å². The van der Waals surface area contributed by atoms with E-state index in [2.05, 4.69) is 4.98 Å². The van der Waals surface area contributed by atoms with Crippen LogP contribution in [0.2, 0.25) is 5.22 Å². The minimum absolute atomic E-state index is 0.197. The number of rotatable bonds is 2. The molecule has 0 aliphatic carbocycles. The van der Waals surface area contributed by atoms with E-state index < -0.39 is 0 Å². The average molecular weight is 196 g/mol. The molecule has 1 N–H and O–H groups in total. The van der Waals surface area contributed by atoms with Gasteiger partial charge >= 0.3 is 0 Å². The van der Waals surface area contributed by atoms with E-state index in [1.165, 1.54) is 6.07 Å². The van der Waals surface area contributed by atoms with Crippen LogP contribution in [0.5, 0.6) is 0 Å². The Kier molecular flexibility index (Phi) is 1.94. The topological polar surface area (TPSA) is 46.0 Å². The van der Waals surface area contributed by atoms with Crippen LogP contribution in [0.1, 0.15) is 16.2 Å². The van der Waals surface area contributed by atoms with Gasteiger partial charge < -0.3 is 9.40 Å². The molecule has 2 heterocycles. The Bertz CT molecular complexity index is 417. The van der Waals surface area contributed by atoms with Crippen LogP contribution < -0.4 is 0 Å². The maximum absolute atomic E-state index is 11.5. The van der Waals surface area contributed by atoms with Gasteiger partial charge in [-0.25, -0.2) is 0 Å². The van der Waals surface area contributed by atoms with Crippen LogP contribution in [0.25, 0.3) is 0 Å². The third-order valence-electron chi connectivity index (χ3n) is 1.64. The highest BCUT2D eigenvalue weighted by atomic mass is 35.5. The van der Waals surface area contributed by atoms with Crippen molar-refractivity contribution in [2.45, 2.75) is 0 Å². The van der Waals surface area contributed by atoms with Crippen molar-refractivity contribution in [2.75, 3.05) is 0 Å². The fraction of sp³-hybridized carbons (Fsp3) is 0. The molecule has 0 aliphatic rings. The molecule has 2 aromatic rings. The van der Waals surface area contributed by atoms with E-state index in [4.69, 9.17) is 16.0 Å². The van der Waals surface area contributed by atoms with Gasteiger partial charge in [-0.05, 0) is 35.9 Å². The van der Waals surface area contributed by atoms with Gasteiger partial charge in [-0.2, -0.15) is 0 Å². The Morgan fingerprint density at radius 2 is 2.23 bits per heavy atom. The average Bonchev–Trinajstić information content (AvgIpc) is 2.72. The van der Waals surface area contributed by atoms with Gasteiger partial charge in [0, 0.05) is 6.20 Å². The van der Waals surface area contributed by atoms with E-state index in [1.807, 2.05) is 0 Å². The molecule has 13 heavy (non-hydrogen) atoms. The van der Waals surface area contributed by atoms with E-state index in [1.54, 1.807) is 24.4 Å². The van der Waals surface area contributed by atoms with Crippen LogP contribution in [0, 0.1) is 0 Å². The Labute approximate surface area is 79.3 Å². The van der Waals surface area contributed by atoms with Crippen molar-refractivity contribution in [3.05, 3.63) is 47.1 Å². The lowest BCUT2D eigenvalue weighted by Gasteiger charge is -1.91. The van der Waals surface area contributed by atoms with Gasteiger partial charge in [-0.3, -0.25) is 4.79 Å². The second-order valence-corrected chi connectivity index (χ2v) is 2.89. The molecule has 3 nitrogen and oxygen atoms in total. The molecule has 0 aliphatic heterocycles. The molecule has 0 radical (unpaired) electrons. The van der Waals surface area contributed by atoms with Gasteiger partial charge in [0.2, 0.25) is 5.78 Å². The number of aromatic amines is 1. The molecular weight excluding hydrogens is 190 g/mol. The molecule has 0 atom stereocenters. The number of H-pyrrole nitrogens is 1. The Hall–Kier alpha value is -1.48. The molecule has 0 saturated heterocycles. The first-order chi connectivity index (χ1) is 6.27. The van der Waals surface area contributed by atoms with Gasteiger partial charge in [0.05, 0.1) is 5.69 Å². The van der Waals surface area contributed by atoms with Gasteiger partial charge in [0.15, 0.2) is 11.0 Å². The first-order valence-electron chi connectivity index (χ1n) is 3.71. The van der Waals surface area contributed by atoms with Crippen molar-refractivity contribution < 1.29 is 9.21 Å². The first kappa shape index (κ1) is 8.13. The summed E-state index contributed by atoms with van der Waals surface area (Å²) in [6, 6.07) is 6.51. The van der Waals surface area contributed by atoms with E-state index in [-0.39, 0.29) is 16.8 Å². The van der Waals surface area contributed by atoms with Crippen molar-refractivity contribution in [1.29, 1.82) is 0 Å². The Balaban J connectivity index is 2.33. The number of hydrogen-bond acceptors (Lipinski definition) is 2. The molecule has 0 saturated carbocycles. The zero-order chi connectivity index (χ0) is 9.26. The summed E-state index contributed by atoms with van der Waals surface area (Å²) in [7, 11) is 0. The summed E-state index contributed by atoms with van der Waals surface area (Å²) in [4.78, 5) is 14.3. The largest absolute Gasteiger partial charge is 0.441 e. The molecule has 0 unspecified atom stereocenters. The van der Waals surface area contributed by atoms with Gasteiger partial charge in [0.25, 0.3) is 0 Å². The smallest absolute Gasteiger partial charge is 0.244 e. The van der Waals surface area contributed by atoms with Crippen LogP contribution in [-0.4, -0.2) is 10.8 Å². The molecule has 0 amide bonds. The normalized spacial score (nSPS) is 10.2. The lowest BCUT2D eigenvalue weighted by molar-refractivity contribution is 0.100. The molecule has 66 valence electrons. The number of nitrogens with one attached hydrogen (secondary N) is 1. The molecule has 0 aromatic carbocycles. The number of furan rings is 1. The molecule has 2 aromatic heterocycles. The molecule has 0 fully saturated rings. The standard InChI is InChI=1S/C9H6ClNO2/c10-8-4-3-7(13-8)9(12)6-2-1-5-11-6/h1-5,11H. The van der Waals surface area contributed by atoms with Crippen molar-refractivity contribution in [1.82, 2.24) is 4.98 Å². The van der Waals surface area contributed by atoms with Crippen LogP contribution in [-0.2, 0) is 0 Å². The summed E-state index contributed by atoms with van der Waals surface area (Å²) >= 11 is 5.54. The monoisotopic (exact) mass is 195 g/mol. The summed E-state index contributed by atoms with van der Waals surface area (Å²) < 4.78 is 4.96. The van der Waals surface area contributed by atoms with E-state index >= 15 is 0 Å². The number of carbonyl (C=O) groups excluding carboxylic acids is 1. The quantitative estimate of drug-likeness (QED) is 0.749. The number of carbonyl (C=O) groups is 1. The van der Waals surface area contributed by atoms with Crippen molar-refractivity contribution >= 4 is 17.4 Å². The molecule has 2 rings (SSSR count). The van der Waals surface area contributed by atoms with E-state index in [0.29, 0.717) is 5.69 Å². The number of halogens is 1. The van der Waals surface area contributed by atoms with Crippen LogP contribution in [0.15, 0.2) is 34.9 Å². The predicted octanol–water partition coefficient (Wildman–Crippen LogP) is 2.49. The summed E-state index contributed by atoms with van der Waals surface area (Å²) in [5.41, 5.74) is 0.492. The lowest BCUT2D eigenvalue weighted by atomic mass is 10.2. The predicted molar refractivity (Wildman–Crippen MR) is 47.9 cm³/mol. The molecule has 4 heteroatoms. The summed E-state index contributed by atoms with van der Waals surface area (Å²) in [5, 5.41) is 0.218. The zero-order valence-electron chi connectivity index (χ0n) is 6.58. The van der Waals surface area contributed by atoms with Crippen molar-refractivity contribution in [2.24, 2.45) is 0 Å². The van der Waals surface area contributed by atoms with Crippen LogP contribution >= 0.6 is 11.6 Å².